The molecule has 1 aliphatic rings. The quantitative estimate of drug-likeness (QED) is 0.709. The number of thiazole rings is 1. The number of carbonyl (C=O) groups is 1. The molecule has 0 aromatic carbocycles. The number of thiophene rings is 1. The largest absolute Gasteiger partial charge is 0.418 e. The summed E-state index contributed by atoms with van der Waals surface area (Å²) in [6.45, 7) is 4.61. The van der Waals surface area contributed by atoms with E-state index in [-0.39, 0.29) is 11.9 Å². The first kappa shape index (κ1) is 15.5. The topological polar surface area (TPSA) is 72.1 Å². The molecule has 3 aromatic rings. The standard InChI is InChI=1S/C16H16N4O2S2/c1-9-5-6-12(24-9)15-19-18-14(22-15)11-4-3-7-20(11)16(21)13-10(2)17-8-23-13/h5-6,8,11H,3-4,7H2,1-2H3/t11-/m1/s1. The summed E-state index contributed by atoms with van der Waals surface area (Å²) >= 11 is 3.00. The molecule has 1 amide bonds. The second-order valence-electron chi connectivity index (χ2n) is 5.78. The number of amides is 1. The van der Waals surface area contributed by atoms with Crippen molar-refractivity contribution in [1.29, 1.82) is 0 Å². The minimum atomic E-state index is -0.152. The molecule has 0 N–H and O–H groups in total. The number of carbonyl (C=O) groups excluding carboxylic acids is 1. The third-order valence-electron chi connectivity index (χ3n) is 4.13. The minimum Gasteiger partial charge on any atom is -0.418 e. The number of nitrogens with zero attached hydrogens (tertiary/aromatic N) is 4. The van der Waals surface area contributed by atoms with Gasteiger partial charge in [0.2, 0.25) is 5.89 Å². The molecule has 1 atom stereocenters. The van der Waals surface area contributed by atoms with E-state index >= 15 is 0 Å². The van der Waals surface area contributed by atoms with Crippen molar-refractivity contribution >= 4 is 28.6 Å². The predicted molar refractivity (Wildman–Crippen MR) is 92.2 cm³/mol. The zero-order valence-corrected chi connectivity index (χ0v) is 15.0. The molecule has 4 heterocycles. The average Bonchev–Trinajstić information content (AvgIpc) is 3.33. The van der Waals surface area contributed by atoms with Crippen molar-refractivity contribution in [3.05, 3.63) is 39.0 Å². The fourth-order valence-electron chi connectivity index (χ4n) is 2.92. The Balaban J connectivity index is 1.60. The number of aryl methyl sites for hydroxylation is 2. The predicted octanol–water partition coefficient (Wildman–Crippen LogP) is 3.85. The van der Waals surface area contributed by atoms with Crippen molar-refractivity contribution in [3.8, 4) is 10.8 Å². The monoisotopic (exact) mass is 360 g/mol. The van der Waals surface area contributed by atoms with Crippen LogP contribution in [0.4, 0.5) is 0 Å². The Hall–Kier alpha value is -2.06. The van der Waals surface area contributed by atoms with Gasteiger partial charge in [-0.15, -0.1) is 32.9 Å². The molecular formula is C16H16N4O2S2. The lowest BCUT2D eigenvalue weighted by Crippen LogP contribution is -2.30. The molecule has 8 heteroatoms. The van der Waals surface area contributed by atoms with Crippen LogP contribution in [-0.2, 0) is 0 Å². The van der Waals surface area contributed by atoms with Gasteiger partial charge in [-0.3, -0.25) is 4.79 Å². The summed E-state index contributed by atoms with van der Waals surface area (Å²) in [5, 5.41) is 8.37. The Morgan fingerprint density at radius 3 is 2.92 bits per heavy atom. The highest BCUT2D eigenvalue weighted by Gasteiger charge is 2.35. The Bertz CT molecular complexity index is 882. The SMILES string of the molecule is Cc1ccc(-c2nnc([C@H]3CCCN3C(=O)c3scnc3C)o2)s1. The summed E-state index contributed by atoms with van der Waals surface area (Å²) in [6, 6.07) is 3.86. The van der Waals surface area contributed by atoms with Crippen LogP contribution in [0.3, 0.4) is 0 Å². The second kappa shape index (κ2) is 6.10. The summed E-state index contributed by atoms with van der Waals surface area (Å²) in [7, 11) is 0. The molecule has 4 rings (SSSR count). The molecule has 0 unspecified atom stereocenters. The number of hydrogen-bond donors (Lipinski definition) is 0. The maximum absolute atomic E-state index is 12.8. The summed E-state index contributed by atoms with van der Waals surface area (Å²) < 4.78 is 5.88. The van der Waals surface area contributed by atoms with Crippen LogP contribution in [-0.4, -0.2) is 32.5 Å². The fraction of sp³-hybridized carbons (Fsp3) is 0.375. The van der Waals surface area contributed by atoms with Gasteiger partial charge in [0.1, 0.15) is 10.9 Å². The first-order valence-corrected chi connectivity index (χ1v) is 9.44. The van der Waals surface area contributed by atoms with Crippen molar-refractivity contribution < 1.29 is 9.21 Å². The van der Waals surface area contributed by atoms with Crippen LogP contribution in [0, 0.1) is 13.8 Å². The van der Waals surface area contributed by atoms with Crippen LogP contribution < -0.4 is 0 Å². The van der Waals surface area contributed by atoms with Crippen molar-refractivity contribution in [1.82, 2.24) is 20.1 Å². The van der Waals surface area contributed by atoms with Crippen LogP contribution >= 0.6 is 22.7 Å². The van der Waals surface area contributed by atoms with Crippen LogP contribution in [0.25, 0.3) is 10.8 Å². The number of hydrogen-bond acceptors (Lipinski definition) is 7. The Labute approximate surface area is 147 Å². The molecular weight excluding hydrogens is 344 g/mol. The van der Waals surface area contributed by atoms with Crippen LogP contribution in [0.5, 0.6) is 0 Å². The number of rotatable bonds is 3. The summed E-state index contributed by atoms with van der Waals surface area (Å²) in [5.41, 5.74) is 2.48. The Kier molecular flexibility index (Phi) is 3.93. The van der Waals surface area contributed by atoms with Gasteiger partial charge in [0.25, 0.3) is 11.8 Å². The molecule has 1 aliphatic heterocycles. The first-order chi connectivity index (χ1) is 11.6. The van der Waals surface area contributed by atoms with E-state index in [1.54, 1.807) is 16.8 Å². The molecule has 124 valence electrons. The van der Waals surface area contributed by atoms with Gasteiger partial charge in [0, 0.05) is 11.4 Å². The normalized spacial score (nSPS) is 17.6. The minimum absolute atomic E-state index is 0.00391. The fourth-order valence-corrected chi connectivity index (χ4v) is 4.47. The van der Waals surface area contributed by atoms with E-state index in [0.717, 1.165) is 23.4 Å². The van der Waals surface area contributed by atoms with Crippen molar-refractivity contribution in [2.45, 2.75) is 32.7 Å². The van der Waals surface area contributed by atoms with Gasteiger partial charge in [0.15, 0.2) is 0 Å². The van der Waals surface area contributed by atoms with Crippen molar-refractivity contribution in [2.75, 3.05) is 6.54 Å². The molecule has 0 saturated carbocycles. The van der Waals surface area contributed by atoms with E-state index in [1.165, 1.54) is 16.2 Å². The van der Waals surface area contributed by atoms with Gasteiger partial charge in [-0.05, 0) is 38.8 Å². The van der Waals surface area contributed by atoms with E-state index in [1.807, 2.05) is 30.9 Å². The highest BCUT2D eigenvalue weighted by molar-refractivity contribution is 7.15. The van der Waals surface area contributed by atoms with Crippen LogP contribution in [0.2, 0.25) is 0 Å². The first-order valence-electron chi connectivity index (χ1n) is 7.75. The van der Waals surface area contributed by atoms with E-state index in [9.17, 15) is 4.79 Å². The van der Waals surface area contributed by atoms with Gasteiger partial charge < -0.3 is 9.32 Å². The van der Waals surface area contributed by atoms with Gasteiger partial charge in [-0.1, -0.05) is 0 Å². The number of aromatic nitrogens is 3. The molecule has 0 spiro atoms. The lowest BCUT2D eigenvalue weighted by molar-refractivity contribution is 0.0720. The molecule has 1 fully saturated rings. The highest BCUT2D eigenvalue weighted by atomic mass is 32.1. The van der Waals surface area contributed by atoms with Gasteiger partial charge >= 0.3 is 0 Å². The Morgan fingerprint density at radius 2 is 2.21 bits per heavy atom. The third-order valence-corrected chi connectivity index (χ3v) is 6.04. The van der Waals surface area contributed by atoms with Crippen LogP contribution in [0.15, 0.2) is 22.1 Å². The molecule has 0 radical (unpaired) electrons. The molecule has 0 aliphatic carbocycles. The van der Waals surface area contributed by atoms with Crippen molar-refractivity contribution in [3.63, 3.8) is 0 Å². The van der Waals surface area contributed by atoms with Gasteiger partial charge in [-0.25, -0.2) is 4.98 Å². The second-order valence-corrected chi connectivity index (χ2v) is 7.92. The zero-order valence-electron chi connectivity index (χ0n) is 13.4. The van der Waals surface area contributed by atoms with Gasteiger partial charge in [-0.2, -0.15) is 0 Å². The van der Waals surface area contributed by atoms with Gasteiger partial charge in [0.05, 0.1) is 16.1 Å². The molecule has 0 bridgehead atoms. The van der Waals surface area contributed by atoms with Crippen molar-refractivity contribution in [2.24, 2.45) is 0 Å². The molecule has 24 heavy (non-hydrogen) atoms. The van der Waals surface area contributed by atoms with E-state index in [0.29, 0.717) is 23.2 Å². The summed E-state index contributed by atoms with van der Waals surface area (Å²) in [5.74, 6) is 1.05. The lowest BCUT2D eigenvalue weighted by Gasteiger charge is -2.21. The highest BCUT2D eigenvalue weighted by Crippen LogP contribution is 2.35. The molecule has 6 nitrogen and oxygen atoms in total. The maximum atomic E-state index is 12.8. The lowest BCUT2D eigenvalue weighted by atomic mass is 10.2. The zero-order chi connectivity index (χ0) is 16.7. The van der Waals surface area contributed by atoms with E-state index < -0.39 is 0 Å². The number of likely N-dealkylation sites (tertiary alicyclic amines) is 1. The summed E-state index contributed by atoms with van der Waals surface area (Å²) in [4.78, 5) is 21.7. The molecule has 1 saturated heterocycles. The van der Waals surface area contributed by atoms with E-state index in [2.05, 4.69) is 15.2 Å². The molecule has 3 aromatic heterocycles. The maximum Gasteiger partial charge on any atom is 0.266 e. The average molecular weight is 360 g/mol. The van der Waals surface area contributed by atoms with Crippen LogP contribution in [0.1, 0.15) is 45.0 Å². The third kappa shape index (κ3) is 2.65. The smallest absolute Gasteiger partial charge is 0.266 e. The Morgan fingerprint density at radius 1 is 1.33 bits per heavy atom. The van der Waals surface area contributed by atoms with E-state index in [4.69, 9.17) is 4.42 Å². The summed E-state index contributed by atoms with van der Waals surface area (Å²) in [6.07, 6.45) is 1.78.